The van der Waals surface area contributed by atoms with Crippen LogP contribution in [-0.4, -0.2) is 73.2 Å². The normalized spacial score (nSPS) is 24.6. The van der Waals surface area contributed by atoms with Gasteiger partial charge in [0.15, 0.2) is 23.8 Å². The number of hydrogen-bond donors (Lipinski definition) is 5. The lowest BCUT2D eigenvalue weighted by Gasteiger charge is -2.29. The van der Waals surface area contributed by atoms with E-state index in [0.717, 1.165) is 64.3 Å². The molecule has 2 atom stereocenters. The third-order valence-electron chi connectivity index (χ3n) is 6.87. The van der Waals surface area contributed by atoms with Crippen LogP contribution < -0.4 is 27.8 Å². The molecular weight excluding hydrogens is 476 g/mol. The van der Waals surface area contributed by atoms with Crippen LogP contribution in [0.15, 0.2) is 4.99 Å². The molecule has 2 heterocycles. The molecule has 0 spiro atoms. The van der Waals surface area contributed by atoms with Gasteiger partial charge in [-0.15, -0.1) is 0 Å². The molecule has 37 heavy (non-hydrogen) atoms. The fourth-order valence-corrected chi connectivity index (χ4v) is 4.71. The second kappa shape index (κ2) is 15.0. The van der Waals surface area contributed by atoms with Crippen LogP contribution in [0.5, 0.6) is 0 Å². The summed E-state index contributed by atoms with van der Waals surface area (Å²) in [5.74, 6) is 0.383. The summed E-state index contributed by atoms with van der Waals surface area (Å²) >= 11 is 0. The van der Waals surface area contributed by atoms with Crippen LogP contribution in [-0.2, 0) is 14.2 Å². The second-order valence-corrected chi connectivity index (χ2v) is 9.85. The fourth-order valence-electron chi connectivity index (χ4n) is 4.71. The van der Waals surface area contributed by atoms with E-state index >= 15 is 0 Å². The van der Waals surface area contributed by atoms with E-state index in [0.29, 0.717) is 18.3 Å². The Kier molecular flexibility index (Phi) is 11.8. The number of nitrogens with zero attached hydrogens (tertiary/aromatic N) is 3. The summed E-state index contributed by atoms with van der Waals surface area (Å²) in [5, 5.41) is 5.94. The second-order valence-electron chi connectivity index (χ2n) is 9.85. The minimum absolute atomic E-state index is 0.0139. The molecule has 0 radical (unpaired) electrons. The van der Waals surface area contributed by atoms with Gasteiger partial charge in [-0.2, -0.15) is 0 Å². The molecule has 1 aromatic heterocycles. The summed E-state index contributed by atoms with van der Waals surface area (Å²) in [5.41, 5.74) is 17.7. The maximum atomic E-state index is 12.3. The predicted molar refractivity (Wildman–Crippen MR) is 143 cm³/mol. The molecule has 208 valence electrons. The number of unbranched alkanes of at least 4 members (excludes halogenated alkanes) is 1. The Morgan fingerprint density at radius 3 is 2.68 bits per heavy atom. The van der Waals surface area contributed by atoms with E-state index in [9.17, 15) is 4.79 Å². The zero-order chi connectivity index (χ0) is 26.6. The standard InChI is InChI=1S/C25H44N8O4/c1-16-22(26)32-23(27)21(31-16)24(34)33-25(28)30-11-4-3-5-18-6-8-19(9-7-18)36-14-12-29-15-20-10-13-35-17(2)37-20/h17-20,29H,3-15H2,1-2H3,(H4,26,27,32)(H3,28,30,33,34). The van der Waals surface area contributed by atoms with Crippen molar-refractivity contribution in [1.82, 2.24) is 20.6 Å². The number of hydrogen-bond acceptors (Lipinski definition) is 10. The van der Waals surface area contributed by atoms with Crippen molar-refractivity contribution in [2.45, 2.75) is 83.7 Å². The van der Waals surface area contributed by atoms with Crippen molar-refractivity contribution in [2.24, 2.45) is 16.6 Å². The molecule has 1 aliphatic carbocycles. The Hall–Kier alpha value is -2.54. The summed E-state index contributed by atoms with van der Waals surface area (Å²) in [4.78, 5) is 24.6. The van der Waals surface area contributed by atoms with E-state index in [2.05, 4.69) is 25.6 Å². The molecule has 1 saturated heterocycles. The van der Waals surface area contributed by atoms with Gasteiger partial charge in [-0.3, -0.25) is 15.1 Å². The van der Waals surface area contributed by atoms with Crippen LogP contribution in [0.1, 0.15) is 74.5 Å². The number of nitrogen functional groups attached to an aromatic ring is 2. The first-order valence-electron chi connectivity index (χ1n) is 13.4. The van der Waals surface area contributed by atoms with Crippen LogP contribution in [0.3, 0.4) is 0 Å². The molecule has 1 amide bonds. The van der Waals surface area contributed by atoms with Gasteiger partial charge in [0.05, 0.1) is 31.1 Å². The van der Waals surface area contributed by atoms with Gasteiger partial charge >= 0.3 is 0 Å². The van der Waals surface area contributed by atoms with Gasteiger partial charge in [0.2, 0.25) is 0 Å². The van der Waals surface area contributed by atoms with E-state index in [1.165, 1.54) is 19.3 Å². The zero-order valence-electron chi connectivity index (χ0n) is 22.2. The summed E-state index contributed by atoms with van der Waals surface area (Å²) in [6, 6.07) is 0. The van der Waals surface area contributed by atoms with Gasteiger partial charge < -0.3 is 36.7 Å². The first-order valence-corrected chi connectivity index (χ1v) is 13.4. The third kappa shape index (κ3) is 10.0. The number of carbonyl (C=O) groups excluding carboxylic acids is 1. The molecule has 2 unspecified atom stereocenters. The topological polar surface area (TPSA) is 185 Å². The van der Waals surface area contributed by atoms with Gasteiger partial charge in [0, 0.05) is 19.6 Å². The van der Waals surface area contributed by atoms with Gasteiger partial charge in [0.25, 0.3) is 5.91 Å². The molecule has 2 fully saturated rings. The van der Waals surface area contributed by atoms with Crippen LogP contribution in [0.2, 0.25) is 0 Å². The van der Waals surface area contributed by atoms with Crippen LogP contribution in [0, 0.1) is 12.8 Å². The van der Waals surface area contributed by atoms with Crippen molar-refractivity contribution in [3.8, 4) is 0 Å². The summed E-state index contributed by atoms with van der Waals surface area (Å²) in [6.07, 6.45) is 9.26. The molecule has 1 aliphatic heterocycles. The number of nitrogens with two attached hydrogens (primary N) is 3. The van der Waals surface area contributed by atoms with E-state index in [1.54, 1.807) is 6.92 Å². The van der Waals surface area contributed by atoms with Crippen molar-refractivity contribution in [2.75, 3.05) is 44.3 Å². The number of aliphatic imine (C=N–C) groups is 1. The Morgan fingerprint density at radius 2 is 1.92 bits per heavy atom. The molecule has 12 nitrogen and oxygen atoms in total. The average Bonchev–Trinajstić information content (AvgIpc) is 2.86. The largest absolute Gasteiger partial charge is 0.382 e. The Balaban J connectivity index is 1.21. The Morgan fingerprint density at radius 1 is 1.14 bits per heavy atom. The monoisotopic (exact) mass is 520 g/mol. The Bertz CT molecular complexity index is 892. The van der Waals surface area contributed by atoms with Crippen LogP contribution >= 0.6 is 0 Å². The molecule has 0 aromatic carbocycles. The highest BCUT2D eigenvalue weighted by molar-refractivity contribution is 6.06. The maximum absolute atomic E-state index is 12.3. The lowest BCUT2D eigenvalue weighted by atomic mass is 9.84. The Labute approximate surface area is 219 Å². The van der Waals surface area contributed by atoms with Gasteiger partial charge in [0.1, 0.15) is 5.82 Å². The quantitative estimate of drug-likeness (QED) is 0.154. The SMILES string of the molecule is Cc1nc(C(=O)NC(N)=NCCCCC2CCC(OCCNCC3CCOC(C)O3)CC2)c(N)nc1N. The van der Waals surface area contributed by atoms with Crippen molar-refractivity contribution >= 4 is 23.5 Å². The number of ether oxygens (including phenoxy) is 3. The van der Waals surface area contributed by atoms with E-state index < -0.39 is 5.91 Å². The fraction of sp³-hybridized carbons (Fsp3) is 0.760. The molecule has 2 aliphatic rings. The van der Waals surface area contributed by atoms with Crippen LogP contribution in [0.4, 0.5) is 11.6 Å². The van der Waals surface area contributed by atoms with Crippen molar-refractivity contribution < 1.29 is 19.0 Å². The van der Waals surface area contributed by atoms with E-state index in [-0.39, 0.29) is 35.7 Å². The van der Waals surface area contributed by atoms with Gasteiger partial charge in [-0.05, 0) is 58.3 Å². The van der Waals surface area contributed by atoms with Crippen molar-refractivity contribution in [3.05, 3.63) is 11.4 Å². The molecule has 1 aromatic rings. The number of guanidine groups is 1. The summed E-state index contributed by atoms with van der Waals surface area (Å²) in [7, 11) is 0. The average molecular weight is 521 g/mol. The highest BCUT2D eigenvalue weighted by Gasteiger charge is 2.22. The minimum Gasteiger partial charge on any atom is -0.382 e. The van der Waals surface area contributed by atoms with Gasteiger partial charge in [-0.1, -0.05) is 12.8 Å². The molecular formula is C25H44N8O4. The predicted octanol–water partition coefficient (Wildman–Crippen LogP) is 1.48. The first kappa shape index (κ1) is 29.0. The van der Waals surface area contributed by atoms with E-state index in [1.807, 2.05) is 6.92 Å². The summed E-state index contributed by atoms with van der Waals surface area (Å²) < 4.78 is 17.2. The van der Waals surface area contributed by atoms with E-state index in [4.69, 9.17) is 31.4 Å². The molecule has 8 N–H and O–H groups in total. The van der Waals surface area contributed by atoms with Gasteiger partial charge in [-0.25, -0.2) is 9.97 Å². The third-order valence-corrected chi connectivity index (χ3v) is 6.87. The number of rotatable bonds is 12. The molecule has 1 saturated carbocycles. The number of aromatic nitrogens is 2. The maximum Gasteiger partial charge on any atom is 0.280 e. The number of amides is 1. The molecule has 12 heteroatoms. The molecule has 0 bridgehead atoms. The lowest BCUT2D eigenvalue weighted by molar-refractivity contribution is -0.200. The lowest BCUT2D eigenvalue weighted by Crippen LogP contribution is -2.38. The summed E-state index contributed by atoms with van der Waals surface area (Å²) in [6.45, 7) is 7.34. The molecule has 3 rings (SSSR count). The van der Waals surface area contributed by atoms with Crippen molar-refractivity contribution in [3.63, 3.8) is 0 Å². The number of nitrogens with one attached hydrogen (secondary N) is 2. The van der Waals surface area contributed by atoms with Crippen LogP contribution in [0.25, 0.3) is 0 Å². The highest BCUT2D eigenvalue weighted by atomic mass is 16.7. The highest BCUT2D eigenvalue weighted by Crippen LogP contribution is 2.29. The zero-order valence-corrected chi connectivity index (χ0v) is 22.2. The number of anilines is 2. The number of carbonyl (C=O) groups is 1. The van der Waals surface area contributed by atoms with Crippen molar-refractivity contribution in [1.29, 1.82) is 0 Å². The first-order chi connectivity index (χ1) is 17.8. The minimum atomic E-state index is -0.549. The number of aryl methyl sites for hydroxylation is 1. The smallest absolute Gasteiger partial charge is 0.280 e.